The first kappa shape index (κ1) is 23.2. The van der Waals surface area contributed by atoms with E-state index in [0.717, 1.165) is 37.2 Å². The van der Waals surface area contributed by atoms with Gasteiger partial charge in [-0.1, -0.05) is 18.2 Å². The quantitative estimate of drug-likeness (QED) is 0.520. The molecule has 0 bridgehead atoms. The largest absolute Gasteiger partial charge is 0.370 e. The Morgan fingerprint density at radius 1 is 1.05 bits per heavy atom. The van der Waals surface area contributed by atoms with Gasteiger partial charge in [0.15, 0.2) is 5.69 Å². The van der Waals surface area contributed by atoms with Crippen molar-refractivity contribution in [2.45, 2.75) is 38.3 Å². The number of nitrogens with zero attached hydrogens (tertiary/aromatic N) is 4. The van der Waals surface area contributed by atoms with Crippen LogP contribution in [0, 0.1) is 12.0 Å². The minimum absolute atomic E-state index is 0.0135. The highest BCUT2D eigenvalue weighted by atomic mass is 16.2. The summed E-state index contributed by atoms with van der Waals surface area (Å²) in [6, 6.07) is 12.2. The highest BCUT2D eigenvalue weighted by Crippen LogP contribution is 2.43. The fourth-order valence-electron chi connectivity index (χ4n) is 6.10. The third-order valence-corrected chi connectivity index (χ3v) is 8.26. The van der Waals surface area contributed by atoms with E-state index < -0.39 is 11.9 Å². The third kappa shape index (κ3) is 4.02. The molecule has 0 aliphatic carbocycles. The first-order chi connectivity index (χ1) is 17.9. The molecule has 9 nitrogen and oxygen atoms in total. The van der Waals surface area contributed by atoms with Gasteiger partial charge in [-0.05, 0) is 49.1 Å². The Morgan fingerprint density at radius 3 is 2.57 bits per heavy atom. The van der Waals surface area contributed by atoms with E-state index in [4.69, 9.17) is 6.57 Å². The van der Waals surface area contributed by atoms with Crippen molar-refractivity contribution < 1.29 is 19.2 Å². The molecule has 188 valence electrons. The normalized spacial score (nSPS) is 22.4. The van der Waals surface area contributed by atoms with Crippen molar-refractivity contribution in [3.8, 4) is 0 Å². The van der Waals surface area contributed by atoms with Crippen molar-refractivity contribution >= 4 is 35.0 Å². The summed E-state index contributed by atoms with van der Waals surface area (Å²) in [5, 5.41) is 2.34. The molecule has 37 heavy (non-hydrogen) atoms. The predicted octanol–water partition coefficient (Wildman–Crippen LogP) is 2.74. The fourth-order valence-corrected chi connectivity index (χ4v) is 6.10. The number of piperidine rings is 2. The van der Waals surface area contributed by atoms with E-state index in [2.05, 4.69) is 21.1 Å². The maximum Gasteiger partial charge on any atom is 0.255 e. The topological polar surface area (TPSA) is 94.4 Å². The SMILES string of the molecule is [C-]#[N+]c1cccc(C(=O)N2CCC3(CC2)CN(c2ccc4c(c2)CN(C2CCC(=O)NC2=O)C4=O)C3)c1. The zero-order valence-corrected chi connectivity index (χ0v) is 20.4. The molecule has 2 aromatic carbocycles. The standard InChI is InChI=1S/C28H27N5O4/c1-29-20-4-2-3-18(13-20)26(36)31-11-9-28(10-12-31)16-32(17-28)21-5-6-22-19(14-21)15-33(27(22)37)23-7-8-24(34)30-25(23)35/h2-6,13-14,23H,7-12,15-17H2,(H,30,34,35). The summed E-state index contributed by atoms with van der Waals surface area (Å²) >= 11 is 0. The monoisotopic (exact) mass is 497 g/mol. The number of amides is 4. The van der Waals surface area contributed by atoms with E-state index in [0.29, 0.717) is 42.9 Å². The number of imide groups is 1. The third-order valence-electron chi connectivity index (χ3n) is 8.26. The molecule has 9 heteroatoms. The van der Waals surface area contributed by atoms with E-state index in [1.165, 1.54) is 0 Å². The average molecular weight is 498 g/mol. The Hall–Kier alpha value is -4.19. The Kier molecular flexibility index (Phi) is 5.48. The maximum absolute atomic E-state index is 13.0. The number of benzene rings is 2. The van der Waals surface area contributed by atoms with Crippen LogP contribution in [-0.2, 0) is 16.1 Å². The van der Waals surface area contributed by atoms with E-state index in [1.807, 2.05) is 17.0 Å². The first-order valence-corrected chi connectivity index (χ1v) is 12.7. The van der Waals surface area contributed by atoms with Crippen molar-refractivity contribution in [2.75, 3.05) is 31.1 Å². The molecule has 3 fully saturated rings. The highest BCUT2D eigenvalue weighted by Gasteiger charge is 2.46. The van der Waals surface area contributed by atoms with Crippen molar-refractivity contribution in [2.24, 2.45) is 5.41 Å². The highest BCUT2D eigenvalue weighted by molar-refractivity contribution is 6.05. The number of likely N-dealkylation sites (tertiary alicyclic amines) is 1. The van der Waals surface area contributed by atoms with Crippen molar-refractivity contribution in [3.05, 3.63) is 70.6 Å². The van der Waals surface area contributed by atoms with Crippen molar-refractivity contribution in [1.82, 2.24) is 15.1 Å². The van der Waals surface area contributed by atoms with Crippen LogP contribution in [0.15, 0.2) is 42.5 Å². The molecule has 0 saturated carbocycles. The van der Waals surface area contributed by atoms with Crippen LogP contribution in [0.5, 0.6) is 0 Å². The van der Waals surface area contributed by atoms with Crippen LogP contribution in [0.2, 0.25) is 0 Å². The molecular formula is C28H27N5O4. The van der Waals surface area contributed by atoms with Crippen LogP contribution in [-0.4, -0.2) is 65.6 Å². The summed E-state index contributed by atoms with van der Waals surface area (Å²) in [7, 11) is 0. The summed E-state index contributed by atoms with van der Waals surface area (Å²) < 4.78 is 0. The van der Waals surface area contributed by atoms with Crippen molar-refractivity contribution in [3.63, 3.8) is 0 Å². The van der Waals surface area contributed by atoms with Gasteiger partial charge in [0.05, 0.1) is 6.57 Å². The molecule has 1 N–H and O–H groups in total. The second-order valence-corrected chi connectivity index (χ2v) is 10.6. The second kappa shape index (κ2) is 8.73. The van der Waals surface area contributed by atoms with Crippen molar-refractivity contribution in [1.29, 1.82) is 0 Å². The van der Waals surface area contributed by atoms with Gasteiger partial charge in [0.1, 0.15) is 6.04 Å². The molecule has 3 saturated heterocycles. The zero-order chi connectivity index (χ0) is 25.7. The number of carbonyl (C=O) groups excluding carboxylic acids is 4. The van der Waals surface area contributed by atoms with Gasteiger partial charge in [-0.3, -0.25) is 24.5 Å². The Balaban J connectivity index is 1.07. The van der Waals surface area contributed by atoms with Gasteiger partial charge >= 0.3 is 0 Å². The molecule has 4 heterocycles. The number of hydrogen-bond acceptors (Lipinski definition) is 5. The molecule has 1 spiro atoms. The van der Waals surface area contributed by atoms with E-state index in [-0.39, 0.29) is 29.6 Å². The summed E-state index contributed by atoms with van der Waals surface area (Å²) in [4.78, 5) is 58.9. The molecular weight excluding hydrogens is 470 g/mol. The van der Waals surface area contributed by atoms with Crippen LogP contribution in [0.25, 0.3) is 4.85 Å². The molecule has 4 aliphatic rings. The lowest BCUT2D eigenvalue weighted by Gasteiger charge is -2.55. The van der Waals surface area contributed by atoms with E-state index in [1.54, 1.807) is 29.2 Å². The Morgan fingerprint density at radius 2 is 1.84 bits per heavy atom. The number of rotatable bonds is 3. The minimum Gasteiger partial charge on any atom is -0.370 e. The molecule has 6 rings (SSSR count). The molecule has 0 radical (unpaired) electrons. The summed E-state index contributed by atoms with van der Waals surface area (Å²) in [5.41, 5.74) is 3.83. The van der Waals surface area contributed by atoms with Gasteiger partial charge in [0, 0.05) is 61.4 Å². The number of carbonyl (C=O) groups is 4. The fraction of sp³-hybridized carbons (Fsp3) is 0.393. The molecule has 4 amide bonds. The summed E-state index contributed by atoms with van der Waals surface area (Å²) in [5.74, 6) is -0.856. The van der Waals surface area contributed by atoms with Crippen LogP contribution >= 0.6 is 0 Å². The lowest BCUT2D eigenvalue weighted by molar-refractivity contribution is -0.136. The van der Waals surface area contributed by atoms with Gasteiger partial charge in [-0.2, -0.15) is 0 Å². The number of hydrogen-bond donors (Lipinski definition) is 1. The van der Waals surface area contributed by atoms with Gasteiger partial charge in [-0.15, -0.1) is 0 Å². The minimum atomic E-state index is -0.606. The molecule has 4 aliphatic heterocycles. The average Bonchev–Trinajstić information content (AvgIpc) is 3.22. The molecule has 1 atom stereocenters. The van der Waals surface area contributed by atoms with Gasteiger partial charge in [-0.25, -0.2) is 4.85 Å². The van der Waals surface area contributed by atoms with E-state index >= 15 is 0 Å². The number of fused-ring (bicyclic) bond motifs is 1. The number of nitrogens with one attached hydrogen (secondary N) is 1. The first-order valence-electron chi connectivity index (χ1n) is 12.7. The van der Waals surface area contributed by atoms with Crippen LogP contribution < -0.4 is 10.2 Å². The molecule has 0 aromatic heterocycles. The molecule has 2 aromatic rings. The van der Waals surface area contributed by atoms with Crippen LogP contribution in [0.1, 0.15) is 52.0 Å². The summed E-state index contributed by atoms with van der Waals surface area (Å²) in [6.07, 6.45) is 2.47. The smallest absolute Gasteiger partial charge is 0.255 e. The summed E-state index contributed by atoms with van der Waals surface area (Å²) in [6.45, 7) is 10.8. The predicted molar refractivity (Wildman–Crippen MR) is 135 cm³/mol. The van der Waals surface area contributed by atoms with Crippen LogP contribution in [0.4, 0.5) is 11.4 Å². The Bertz CT molecular complexity index is 1360. The lowest BCUT2D eigenvalue weighted by Crippen LogP contribution is -2.61. The van der Waals surface area contributed by atoms with E-state index in [9.17, 15) is 19.2 Å². The zero-order valence-electron chi connectivity index (χ0n) is 20.4. The molecule has 1 unspecified atom stereocenters. The Labute approximate surface area is 214 Å². The van der Waals surface area contributed by atoms with Gasteiger partial charge < -0.3 is 14.7 Å². The second-order valence-electron chi connectivity index (χ2n) is 10.6. The number of anilines is 1. The van der Waals surface area contributed by atoms with Gasteiger partial charge in [0.2, 0.25) is 11.8 Å². The van der Waals surface area contributed by atoms with Gasteiger partial charge in [0.25, 0.3) is 11.8 Å². The van der Waals surface area contributed by atoms with Crippen LogP contribution in [0.3, 0.4) is 0 Å². The lowest BCUT2D eigenvalue weighted by atomic mass is 9.71. The maximum atomic E-state index is 13.0.